The van der Waals surface area contributed by atoms with E-state index in [2.05, 4.69) is 0 Å². The van der Waals surface area contributed by atoms with Crippen molar-refractivity contribution in [3.05, 3.63) is 47.2 Å². The van der Waals surface area contributed by atoms with Crippen LogP contribution in [0.5, 0.6) is 0 Å². The molecule has 1 aliphatic heterocycles. The average Bonchev–Trinajstić information content (AvgIpc) is 3.11. The fraction of sp³-hybridized carbons (Fsp3) is 0.400. The molecule has 3 N–H and O–H groups in total. The molecular formula is C20H25ClN3O3+. The maximum absolute atomic E-state index is 12.5. The number of rotatable bonds is 6. The largest absolute Gasteiger partial charge is 0.459 e. The van der Waals surface area contributed by atoms with Crippen molar-refractivity contribution in [2.75, 3.05) is 26.7 Å². The summed E-state index contributed by atoms with van der Waals surface area (Å²) in [6.45, 7) is 2.30. The van der Waals surface area contributed by atoms with Gasteiger partial charge in [-0.05, 0) is 49.2 Å². The molecule has 2 amide bonds. The third kappa shape index (κ3) is 5.11. The van der Waals surface area contributed by atoms with E-state index in [-0.39, 0.29) is 17.7 Å². The number of primary amides is 1. The first-order valence-electron chi connectivity index (χ1n) is 9.14. The van der Waals surface area contributed by atoms with Crippen LogP contribution in [0.25, 0.3) is 11.3 Å². The highest BCUT2D eigenvalue weighted by Gasteiger charge is 2.29. The van der Waals surface area contributed by atoms with Crippen molar-refractivity contribution in [2.45, 2.75) is 19.4 Å². The van der Waals surface area contributed by atoms with Crippen LogP contribution in [0.3, 0.4) is 0 Å². The second kappa shape index (κ2) is 8.59. The number of benzene rings is 1. The van der Waals surface area contributed by atoms with Crippen LogP contribution in [-0.2, 0) is 16.1 Å². The molecule has 2 atom stereocenters. The number of carbonyl (C=O) groups is 2. The fourth-order valence-electron chi connectivity index (χ4n) is 3.46. The van der Waals surface area contributed by atoms with Gasteiger partial charge < -0.3 is 20.0 Å². The molecule has 2 aromatic rings. The predicted molar refractivity (Wildman–Crippen MR) is 103 cm³/mol. The Hall–Kier alpha value is -2.31. The molecule has 1 fully saturated rings. The first-order valence-corrected chi connectivity index (χ1v) is 9.51. The minimum atomic E-state index is -0.265. The lowest BCUT2D eigenvalue weighted by Crippen LogP contribution is -3.14. The summed E-state index contributed by atoms with van der Waals surface area (Å²) in [4.78, 5) is 26.7. The molecule has 1 unspecified atom stereocenters. The molecule has 7 heteroatoms. The van der Waals surface area contributed by atoms with Crippen molar-refractivity contribution in [1.29, 1.82) is 0 Å². The van der Waals surface area contributed by atoms with E-state index in [1.54, 1.807) is 11.9 Å². The first-order chi connectivity index (χ1) is 12.9. The highest BCUT2D eigenvalue weighted by Crippen LogP contribution is 2.24. The number of hydrogen-bond acceptors (Lipinski definition) is 3. The van der Waals surface area contributed by atoms with Gasteiger partial charge in [0.1, 0.15) is 11.5 Å². The number of nitrogens with one attached hydrogen (secondary N) is 1. The van der Waals surface area contributed by atoms with E-state index in [1.165, 1.54) is 0 Å². The Labute approximate surface area is 163 Å². The van der Waals surface area contributed by atoms with Gasteiger partial charge in [0.05, 0.1) is 25.6 Å². The number of likely N-dealkylation sites (tertiary alicyclic amines) is 1. The number of nitrogens with zero attached hydrogens (tertiary/aromatic N) is 1. The molecule has 0 aliphatic carbocycles. The third-order valence-electron chi connectivity index (χ3n) is 5.03. The standard InChI is InChI=1S/C20H24ClN3O3/c1-23(19(25)13-24-10-2-3-15(11-24)20(22)26)12-17-8-9-18(27-17)14-4-6-16(21)7-5-14/h4-9,15H,2-3,10-13H2,1H3,(H2,22,26)/p+1/t15-/m1/s1. The van der Waals surface area contributed by atoms with Gasteiger partial charge in [0, 0.05) is 17.6 Å². The normalized spacial score (nSPS) is 19.6. The zero-order chi connectivity index (χ0) is 19.4. The Morgan fingerprint density at radius 3 is 2.70 bits per heavy atom. The highest BCUT2D eigenvalue weighted by molar-refractivity contribution is 6.30. The first kappa shape index (κ1) is 19.5. The molecule has 1 saturated heterocycles. The molecule has 27 heavy (non-hydrogen) atoms. The summed E-state index contributed by atoms with van der Waals surface area (Å²) in [5, 5.41) is 0.676. The van der Waals surface area contributed by atoms with Gasteiger partial charge in [0.2, 0.25) is 5.91 Å². The number of halogens is 1. The van der Waals surface area contributed by atoms with Crippen LogP contribution >= 0.6 is 11.6 Å². The zero-order valence-corrected chi connectivity index (χ0v) is 16.2. The summed E-state index contributed by atoms with van der Waals surface area (Å²) >= 11 is 5.91. The van der Waals surface area contributed by atoms with Crippen LogP contribution in [0.1, 0.15) is 18.6 Å². The topological polar surface area (TPSA) is 81.0 Å². The SMILES string of the molecule is CN(Cc1ccc(-c2ccc(Cl)cc2)o1)C(=O)C[NH+]1CCC[C@@H](C(N)=O)C1. The van der Waals surface area contributed by atoms with E-state index >= 15 is 0 Å². The van der Waals surface area contributed by atoms with Gasteiger partial charge in [-0.25, -0.2) is 0 Å². The second-order valence-electron chi connectivity index (χ2n) is 7.15. The number of furan rings is 1. The number of carbonyl (C=O) groups excluding carboxylic acids is 2. The molecular weight excluding hydrogens is 366 g/mol. The predicted octanol–water partition coefficient (Wildman–Crippen LogP) is 1.34. The third-order valence-corrected chi connectivity index (χ3v) is 5.28. The minimum absolute atomic E-state index is 0.0274. The molecule has 1 aliphatic rings. The monoisotopic (exact) mass is 390 g/mol. The number of piperidine rings is 1. The van der Waals surface area contributed by atoms with Gasteiger partial charge in [-0.2, -0.15) is 0 Å². The van der Waals surface area contributed by atoms with Crippen molar-refractivity contribution >= 4 is 23.4 Å². The maximum atomic E-state index is 12.5. The Kier molecular flexibility index (Phi) is 6.19. The van der Waals surface area contributed by atoms with E-state index in [4.69, 9.17) is 21.8 Å². The quantitative estimate of drug-likeness (QED) is 0.781. The summed E-state index contributed by atoms with van der Waals surface area (Å²) in [6, 6.07) is 11.2. The maximum Gasteiger partial charge on any atom is 0.277 e. The van der Waals surface area contributed by atoms with Gasteiger partial charge >= 0.3 is 0 Å². The molecule has 0 saturated carbocycles. The molecule has 0 spiro atoms. The Bertz CT molecular complexity index is 803. The lowest BCUT2D eigenvalue weighted by atomic mass is 9.97. The molecule has 144 valence electrons. The van der Waals surface area contributed by atoms with Gasteiger partial charge in [-0.1, -0.05) is 11.6 Å². The lowest BCUT2D eigenvalue weighted by molar-refractivity contribution is -0.899. The van der Waals surface area contributed by atoms with Gasteiger partial charge in [-0.15, -0.1) is 0 Å². The summed E-state index contributed by atoms with van der Waals surface area (Å²) in [5.41, 5.74) is 6.35. The summed E-state index contributed by atoms with van der Waals surface area (Å²) in [7, 11) is 1.77. The minimum Gasteiger partial charge on any atom is -0.459 e. The number of amides is 2. The number of nitrogens with two attached hydrogens (primary N) is 1. The van der Waals surface area contributed by atoms with Crippen LogP contribution in [0.15, 0.2) is 40.8 Å². The summed E-state index contributed by atoms with van der Waals surface area (Å²) < 4.78 is 5.86. The number of likely N-dealkylation sites (N-methyl/N-ethyl adjacent to an activating group) is 1. The summed E-state index contributed by atoms with van der Waals surface area (Å²) in [6.07, 6.45) is 1.74. The van der Waals surface area contributed by atoms with Crippen LogP contribution in [-0.4, -0.2) is 43.4 Å². The summed E-state index contributed by atoms with van der Waals surface area (Å²) in [5.74, 6) is 1.10. The van der Waals surface area contributed by atoms with E-state index in [1.807, 2.05) is 36.4 Å². The fourth-order valence-corrected chi connectivity index (χ4v) is 3.58. The van der Waals surface area contributed by atoms with Crippen molar-refractivity contribution < 1.29 is 18.9 Å². The Morgan fingerprint density at radius 1 is 1.26 bits per heavy atom. The van der Waals surface area contributed by atoms with Crippen molar-refractivity contribution in [3.63, 3.8) is 0 Å². The van der Waals surface area contributed by atoms with E-state index in [9.17, 15) is 9.59 Å². The van der Waals surface area contributed by atoms with Gasteiger partial charge in [0.15, 0.2) is 6.54 Å². The van der Waals surface area contributed by atoms with Gasteiger partial charge in [-0.3, -0.25) is 9.59 Å². The number of hydrogen-bond donors (Lipinski definition) is 2. The molecule has 1 aromatic heterocycles. The number of quaternary nitrogens is 1. The van der Waals surface area contributed by atoms with E-state index < -0.39 is 0 Å². The molecule has 0 radical (unpaired) electrons. The Balaban J connectivity index is 1.55. The smallest absolute Gasteiger partial charge is 0.277 e. The average molecular weight is 391 g/mol. The Morgan fingerprint density at radius 2 is 2.00 bits per heavy atom. The van der Waals surface area contributed by atoms with Gasteiger partial charge in [0.25, 0.3) is 5.91 Å². The van der Waals surface area contributed by atoms with Crippen molar-refractivity contribution in [3.8, 4) is 11.3 Å². The van der Waals surface area contributed by atoms with Crippen LogP contribution < -0.4 is 10.6 Å². The molecule has 0 bridgehead atoms. The highest BCUT2D eigenvalue weighted by atomic mass is 35.5. The zero-order valence-electron chi connectivity index (χ0n) is 15.4. The molecule has 2 heterocycles. The van der Waals surface area contributed by atoms with Crippen LogP contribution in [0, 0.1) is 5.92 Å². The lowest BCUT2D eigenvalue weighted by Gasteiger charge is -2.29. The van der Waals surface area contributed by atoms with E-state index in [0.717, 1.165) is 41.4 Å². The molecule has 3 rings (SSSR count). The van der Waals surface area contributed by atoms with Crippen LogP contribution in [0.4, 0.5) is 0 Å². The van der Waals surface area contributed by atoms with E-state index in [0.29, 0.717) is 24.7 Å². The molecule has 6 nitrogen and oxygen atoms in total. The molecule has 1 aromatic carbocycles. The van der Waals surface area contributed by atoms with Crippen LogP contribution in [0.2, 0.25) is 5.02 Å². The van der Waals surface area contributed by atoms with Crippen molar-refractivity contribution in [2.24, 2.45) is 11.7 Å². The van der Waals surface area contributed by atoms with Crippen molar-refractivity contribution in [1.82, 2.24) is 4.90 Å². The second-order valence-corrected chi connectivity index (χ2v) is 7.58.